The number of nitrogens with zero attached hydrogens (tertiary/aromatic N) is 3. The fraction of sp³-hybridized carbons (Fsp3) is 0.0625. The highest BCUT2D eigenvalue weighted by molar-refractivity contribution is 6.08. The van der Waals surface area contributed by atoms with Gasteiger partial charge in [0.15, 0.2) is 5.78 Å². The second-order valence-electron chi connectivity index (χ2n) is 4.79. The number of allylic oxidation sites excluding steroid dienone is 1. The monoisotopic (exact) mass is 279 g/mol. The molecule has 2 aromatic carbocycles. The predicted octanol–water partition coefficient (Wildman–Crippen LogP) is 2.88. The molecule has 104 valence electrons. The van der Waals surface area contributed by atoms with Crippen molar-refractivity contribution in [3.8, 4) is 11.4 Å². The summed E-state index contributed by atoms with van der Waals surface area (Å²) in [5.41, 5.74) is 2.67. The molecule has 3 rings (SSSR count). The Kier molecular flexibility index (Phi) is 3.02. The molecule has 0 bridgehead atoms. The van der Waals surface area contributed by atoms with Crippen LogP contribution in [0.25, 0.3) is 16.7 Å². The Balaban J connectivity index is 2.14. The molecule has 0 saturated carbocycles. The molecule has 0 atom stereocenters. The SMILES string of the molecule is C=C(C)C(=O)c1ccc(O)c(-n2nc3ccccc3n2)c1. The van der Waals surface area contributed by atoms with E-state index in [1.165, 1.54) is 10.9 Å². The second kappa shape index (κ2) is 4.86. The van der Waals surface area contributed by atoms with Crippen LogP contribution in [0.1, 0.15) is 17.3 Å². The molecule has 1 heterocycles. The lowest BCUT2D eigenvalue weighted by Gasteiger charge is -2.06. The van der Waals surface area contributed by atoms with Crippen molar-refractivity contribution >= 4 is 16.8 Å². The number of benzene rings is 2. The Morgan fingerprint density at radius 3 is 2.33 bits per heavy atom. The van der Waals surface area contributed by atoms with Gasteiger partial charge in [-0.05, 0) is 42.8 Å². The molecule has 0 spiro atoms. The lowest BCUT2D eigenvalue weighted by Crippen LogP contribution is -2.04. The largest absolute Gasteiger partial charge is 0.506 e. The van der Waals surface area contributed by atoms with Gasteiger partial charge in [0.2, 0.25) is 0 Å². The van der Waals surface area contributed by atoms with Gasteiger partial charge in [0.25, 0.3) is 0 Å². The number of hydrogen-bond donors (Lipinski definition) is 1. The first kappa shape index (κ1) is 13.1. The zero-order chi connectivity index (χ0) is 15.0. The van der Waals surface area contributed by atoms with Gasteiger partial charge in [-0.25, -0.2) is 0 Å². The van der Waals surface area contributed by atoms with Crippen molar-refractivity contribution in [1.29, 1.82) is 0 Å². The van der Waals surface area contributed by atoms with Crippen LogP contribution in [-0.4, -0.2) is 25.9 Å². The quantitative estimate of drug-likeness (QED) is 0.591. The Morgan fingerprint density at radius 1 is 1.14 bits per heavy atom. The van der Waals surface area contributed by atoms with Gasteiger partial charge < -0.3 is 5.11 Å². The van der Waals surface area contributed by atoms with Gasteiger partial charge in [-0.3, -0.25) is 4.79 Å². The zero-order valence-electron chi connectivity index (χ0n) is 11.4. The topological polar surface area (TPSA) is 68.0 Å². The first-order chi connectivity index (χ1) is 10.1. The summed E-state index contributed by atoms with van der Waals surface area (Å²) < 4.78 is 0. The van der Waals surface area contributed by atoms with Crippen LogP contribution >= 0.6 is 0 Å². The molecule has 0 aliphatic carbocycles. The summed E-state index contributed by atoms with van der Waals surface area (Å²) in [5, 5.41) is 18.6. The Hall–Kier alpha value is -2.95. The van der Waals surface area contributed by atoms with E-state index in [9.17, 15) is 9.90 Å². The number of ketones is 1. The summed E-state index contributed by atoms with van der Waals surface area (Å²) >= 11 is 0. The third kappa shape index (κ3) is 2.29. The van der Waals surface area contributed by atoms with Crippen molar-refractivity contribution in [2.24, 2.45) is 0 Å². The average Bonchev–Trinajstić information content (AvgIpc) is 2.90. The first-order valence-electron chi connectivity index (χ1n) is 6.42. The van der Waals surface area contributed by atoms with Crippen molar-refractivity contribution in [2.45, 2.75) is 6.92 Å². The highest BCUT2D eigenvalue weighted by Crippen LogP contribution is 2.24. The average molecular weight is 279 g/mol. The van der Waals surface area contributed by atoms with E-state index in [0.717, 1.165) is 0 Å². The predicted molar refractivity (Wildman–Crippen MR) is 79.7 cm³/mol. The first-order valence-corrected chi connectivity index (χ1v) is 6.42. The van der Waals surface area contributed by atoms with E-state index in [4.69, 9.17) is 0 Å². The Bertz CT molecular complexity index is 832. The summed E-state index contributed by atoms with van der Waals surface area (Å²) in [6, 6.07) is 12.0. The molecule has 0 fully saturated rings. The summed E-state index contributed by atoms with van der Waals surface area (Å²) in [6.07, 6.45) is 0. The van der Waals surface area contributed by atoms with Crippen LogP contribution in [0.3, 0.4) is 0 Å². The molecule has 1 N–H and O–H groups in total. The number of carbonyl (C=O) groups excluding carboxylic acids is 1. The number of hydrogen-bond acceptors (Lipinski definition) is 4. The summed E-state index contributed by atoms with van der Waals surface area (Å²) in [6.45, 7) is 5.29. The van der Waals surface area contributed by atoms with Crippen LogP contribution in [0.15, 0.2) is 54.6 Å². The van der Waals surface area contributed by atoms with E-state index in [0.29, 0.717) is 27.9 Å². The Labute approximate surface area is 121 Å². The van der Waals surface area contributed by atoms with Crippen LogP contribution in [0, 0.1) is 0 Å². The minimum Gasteiger partial charge on any atom is -0.506 e. The molecule has 21 heavy (non-hydrogen) atoms. The second-order valence-corrected chi connectivity index (χ2v) is 4.79. The maximum atomic E-state index is 12.0. The minimum absolute atomic E-state index is 0.00794. The van der Waals surface area contributed by atoms with E-state index in [1.807, 2.05) is 24.3 Å². The number of phenols is 1. The third-order valence-corrected chi connectivity index (χ3v) is 3.13. The molecule has 5 heteroatoms. The van der Waals surface area contributed by atoms with Crippen molar-refractivity contribution in [3.63, 3.8) is 0 Å². The molecule has 3 aromatic rings. The van der Waals surface area contributed by atoms with Crippen molar-refractivity contribution in [2.75, 3.05) is 0 Å². The number of rotatable bonds is 3. The van der Waals surface area contributed by atoms with Crippen LogP contribution in [0.5, 0.6) is 5.75 Å². The van der Waals surface area contributed by atoms with Gasteiger partial charge in [-0.2, -0.15) is 0 Å². The number of Topliss-reactive ketones (excluding diaryl/α,β-unsaturated/α-hetero) is 1. The molecular formula is C16H13N3O2. The molecule has 0 aliphatic rings. The van der Waals surface area contributed by atoms with Crippen LogP contribution in [-0.2, 0) is 0 Å². The molecule has 0 amide bonds. The van der Waals surface area contributed by atoms with Gasteiger partial charge >= 0.3 is 0 Å². The summed E-state index contributed by atoms with van der Waals surface area (Å²) in [4.78, 5) is 13.3. The van der Waals surface area contributed by atoms with E-state index in [2.05, 4.69) is 16.8 Å². The standard InChI is InChI=1S/C16H13N3O2/c1-10(2)16(21)11-7-8-15(20)14(9-11)19-17-12-5-3-4-6-13(12)18-19/h3-9,20H,1H2,2H3. The van der Waals surface area contributed by atoms with Crippen LogP contribution < -0.4 is 0 Å². The lowest BCUT2D eigenvalue weighted by molar-refractivity contribution is 0.103. The normalized spacial score (nSPS) is 10.7. The number of aromatic nitrogens is 3. The smallest absolute Gasteiger partial charge is 0.188 e. The highest BCUT2D eigenvalue weighted by atomic mass is 16.3. The van der Waals surface area contributed by atoms with E-state index in [1.54, 1.807) is 19.1 Å². The number of phenolic OH excluding ortho intramolecular Hbond substituents is 1. The fourth-order valence-electron chi connectivity index (χ4n) is 2.04. The minimum atomic E-state index is -0.173. The zero-order valence-corrected chi connectivity index (χ0v) is 11.4. The maximum Gasteiger partial charge on any atom is 0.188 e. The van der Waals surface area contributed by atoms with Gasteiger partial charge in [-0.15, -0.1) is 15.0 Å². The molecule has 0 aliphatic heterocycles. The van der Waals surface area contributed by atoms with Crippen LogP contribution in [0.2, 0.25) is 0 Å². The van der Waals surface area contributed by atoms with Gasteiger partial charge in [-0.1, -0.05) is 18.7 Å². The van der Waals surface area contributed by atoms with Gasteiger partial charge in [0.05, 0.1) is 0 Å². The molecular weight excluding hydrogens is 266 g/mol. The van der Waals surface area contributed by atoms with Crippen LogP contribution in [0.4, 0.5) is 0 Å². The summed E-state index contributed by atoms with van der Waals surface area (Å²) in [5.74, 6) is -0.165. The molecule has 0 saturated heterocycles. The molecule has 5 nitrogen and oxygen atoms in total. The number of carbonyl (C=O) groups is 1. The van der Waals surface area contributed by atoms with E-state index < -0.39 is 0 Å². The maximum absolute atomic E-state index is 12.0. The molecule has 1 aromatic heterocycles. The third-order valence-electron chi connectivity index (χ3n) is 3.13. The summed E-state index contributed by atoms with van der Waals surface area (Å²) in [7, 11) is 0. The van der Waals surface area contributed by atoms with E-state index >= 15 is 0 Å². The Morgan fingerprint density at radius 2 is 1.76 bits per heavy atom. The van der Waals surface area contributed by atoms with Crippen molar-refractivity contribution in [3.05, 3.63) is 60.2 Å². The van der Waals surface area contributed by atoms with Crippen molar-refractivity contribution < 1.29 is 9.90 Å². The molecule has 0 radical (unpaired) electrons. The van der Waals surface area contributed by atoms with Gasteiger partial charge in [0.1, 0.15) is 22.5 Å². The van der Waals surface area contributed by atoms with Crippen molar-refractivity contribution in [1.82, 2.24) is 15.0 Å². The fourth-order valence-corrected chi connectivity index (χ4v) is 2.04. The van der Waals surface area contributed by atoms with E-state index in [-0.39, 0.29) is 11.5 Å². The number of fused-ring (bicyclic) bond motifs is 1. The molecule has 0 unspecified atom stereocenters. The lowest BCUT2D eigenvalue weighted by atomic mass is 10.1. The van der Waals surface area contributed by atoms with Gasteiger partial charge in [0, 0.05) is 5.56 Å². The highest BCUT2D eigenvalue weighted by Gasteiger charge is 2.13. The number of aromatic hydroxyl groups is 1.